The third-order valence-corrected chi connectivity index (χ3v) is 5.18. The van der Waals surface area contributed by atoms with Gasteiger partial charge >= 0.3 is 0 Å². The molecule has 0 radical (unpaired) electrons. The number of imidazole rings is 1. The molecule has 2 rings (SSSR count). The van der Waals surface area contributed by atoms with Crippen LogP contribution in [0.2, 0.25) is 5.15 Å². The Morgan fingerprint density at radius 1 is 1.45 bits per heavy atom. The first-order chi connectivity index (χ1) is 9.29. The van der Waals surface area contributed by atoms with Crippen LogP contribution in [-0.4, -0.2) is 28.2 Å². The normalized spacial score (nSPS) is 12.1. The molecule has 2 heterocycles. The summed E-state index contributed by atoms with van der Waals surface area (Å²) in [6.07, 6.45) is 2.09. The van der Waals surface area contributed by atoms with Gasteiger partial charge in [-0.2, -0.15) is 8.42 Å². The van der Waals surface area contributed by atoms with Crippen LogP contribution in [0.15, 0.2) is 11.4 Å². The van der Waals surface area contributed by atoms with Crippen molar-refractivity contribution in [2.75, 3.05) is 4.72 Å². The van der Waals surface area contributed by atoms with E-state index in [1.165, 1.54) is 22.2 Å². The predicted octanol–water partition coefficient (Wildman–Crippen LogP) is 1.92. The lowest BCUT2D eigenvalue weighted by atomic mass is 10.1. The van der Waals surface area contributed by atoms with Crippen LogP contribution < -0.4 is 4.72 Å². The summed E-state index contributed by atoms with van der Waals surface area (Å²) in [5.41, 5.74) is 0. The Labute approximate surface area is 126 Å². The maximum atomic E-state index is 12.1. The molecule has 2 aromatic heterocycles. The molecule has 0 saturated heterocycles. The number of aromatic nitrogens is 4. The molecule has 0 unspecified atom stereocenters. The Hall–Kier alpha value is -1.19. The van der Waals surface area contributed by atoms with E-state index in [4.69, 9.17) is 11.6 Å². The predicted molar refractivity (Wildman–Crippen MR) is 77.5 cm³/mol. The standard InChI is InChI=1S/C10H14ClN5O2S2/c1-6(2)4-7-13-14-10(19-7)15-20(17,18)9-8(11)16(3)5-12-9/h5-6H,4H2,1-3H3,(H,14,15). The zero-order valence-electron chi connectivity index (χ0n) is 11.2. The number of hydrogen-bond donors (Lipinski definition) is 1. The van der Waals surface area contributed by atoms with Gasteiger partial charge in [0.05, 0.1) is 6.33 Å². The summed E-state index contributed by atoms with van der Waals surface area (Å²) >= 11 is 7.09. The largest absolute Gasteiger partial charge is 0.324 e. The lowest BCUT2D eigenvalue weighted by Crippen LogP contribution is -2.13. The Kier molecular flexibility index (Phi) is 4.31. The minimum atomic E-state index is -3.84. The third-order valence-electron chi connectivity index (χ3n) is 2.36. The average Bonchev–Trinajstić information content (AvgIpc) is 2.86. The van der Waals surface area contributed by atoms with Gasteiger partial charge in [-0.1, -0.05) is 36.8 Å². The van der Waals surface area contributed by atoms with Crippen molar-refractivity contribution in [3.63, 3.8) is 0 Å². The SMILES string of the molecule is CC(C)Cc1nnc(NS(=O)(=O)c2ncn(C)c2Cl)s1. The van der Waals surface area contributed by atoms with Gasteiger partial charge in [0, 0.05) is 13.5 Å². The van der Waals surface area contributed by atoms with Gasteiger partial charge in [-0.15, -0.1) is 10.2 Å². The number of halogens is 1. The quantitative estimate of drug-likeness (QED) is 0.901. The minimum Gasteiger partial charge on any atom is -0.324 e. The van der Waals surface area contributed by atoms with Gasteiger partial charge in [-0.05, 0) is 5.92 Å². The highest BCUT2D eigenvalue weighted by Crippen LogP contribution is 2.24. The van der Waals surface area contributed by atoms with E-state index < -0.39 is 10.0 Å². The van der Waals surface area contributed by atoms with Gasteiger partial charge in [-0.25, -0.2) is 4.98 Å². The highest BCUT2D eigenvalue weighted by Gasteiger charge is 2.24. The second-order valence-corrected chi connectivity index (χ2v) is 7.67. The van der Waals surface area contributed by atoms with Crippen molar-refractivity contribution in [2.24, 2.45) is 13.0 Å². The topological polar surface area (TPSA) is 89.8 Å². The van der Waals surface area contributed by atoms with E-state index in [-0.39, 0.29) is 15.3 Å². The molecule has 0 spiro atoms. The molecule has 0 atom stereocenters. The second-order valence-electron chi connectivity index (χ2n) is 4.66. The van der Waals surface area contributed by atoms with Crippen molar-refractivity contribution >= 4 is 38.1 Å². The van der Waals surface area contributed by atoms with Gasteiger partial charge in [0.15, 0.2) is 0 Å². The maximum Gasteiger partial charge on any atom is 0.284 e. The third kappa shape index (κ3) is 3.28. The molecule has 0 aromatic carbocycles. The van der Waals surface area contributed by atoms with Crippen molar-refractivity contribution < 1.29 is 8.42 Å². The number of anilines is 1. The van der Waals surface area contributed by atoms with Gasteiger partial charge < -0.3 is 4.57 Å². The van der Waals surface area contributed by atoms with Gasteiger partial charge in [0.2, 0.25) is 10.2 Å². The fourth-order valence-electron chi connectivity index (χ4n) is 1.46. The van der Waals surface area contributed by atoms with E-state index in [0.717, 1.165) is 11.4 Å². The molecule has 1 N–H and O–H groups in total. The maximum absolute atomic E-state index is 12.1. The minimum absolute atomic E-state index is 0.0458. The van der Waals surface area contributed by atoms with Crippen molar-refractivity contribution in [3.05, 3.63) is 16.5 Å². The fourth-order valence-corrected chi connectivity index (χ4v) is 4.08. The fraction of sp³-hybridized carbons (Fsp3) is 0.500. The molecular weight excluding hydrogens is 322 g/mol. The van der Waals surface area contributed by atoms with Gasteiger partial charge in [-0.3, -0.25) is 4.72 Å². The zero-order chi connectivity index (χ0) is 14.9. The Bertz CT molecular complexity index is 707. The Balaban J connectivity index is 2.20. The Morgan fingerprint density at radius 3 is 2.70 bits per heavy atom. The van der Waals surface area contributed by atoms with Gasteiger partial charge in [0.25, 0.3) is 10.0 Å². The molecule has 0 fully saturated rings. The summed E-state index contributed by atoms with van der Waals surface area (Å²) in [6.45, 7) is 4.11. The summed E-state index contributed by atoms with van der Waals surface area (Å²) in [5, 5.41) is 8.58. The van der Waals surface area contributed by atoms with Crippen molar-refractivity contribution in [3.8, 4) is 0 Å². The molecule has 0 saturated carbocycles. The smallest absolute Gasteiger partial charge is 0.284 e. The second kappa shape index (κ2) is 5.66. The Morgan fingerprint density at radius 2 is 2.15 bits per heavy atom. The number of nitrogens with one attached hydrogen (secondary N) is 1. The van der Waals surface area contributed by atoms with Gasteiger partial charge in [0.1, 0.15) is 10.2 Å². The van der Waals surface area contributed by atoms with E-state index in [9.17, 15) is 8.42 Å². The van der Waals surface area contributed by atoms with E-state index in [1.54, 1.807) is 7.05 Å². The number of hydrogen-bond acceptors (Lipinski definition) is 6. The van der Waals surface area contributed by atoms with E-state index >= 15 is 0 Å². The molecule has 10 heteroatoms. The van der Waals surface area contributed by atoms with Crippen molar-refractivity contribution in [1.82, 2.24) is 19.7 Å². The van der Waals surface area contributed by atoms with Crippen LogP contribution in [0.3, 0.4) is 0 Å². The molecule has 110 valence electrons. The lowest BCUT2D eigenvalue weighted by Gasteiger charge is -2.02. The monoisotopic (exact) mass is 335 g/mol. The molecule has 2 aromatic rings. The van der Waals surface area contributed by atoms with Crippen LogP contribution in [0.5, 0.6) is 0 Å². The number of nitrogens with zero attached hydrogens (tertiary/aromatic N) is 4. The molecule has 0 amide bonds. The molecular formula is C10H14ClN5O2S2. The average molecular weight is 336 g/mol. The summed E-state index contributed by atoms with van der Waals surface area (Å²) in [4.78, 5) is 3.78. The zero-order valence-corrected chi connectivity index (χ0v) is 13.6. The van der Waals surface area contributed by atoms with E-state index in [2.05, 4.69) is 33.8 Å². The highest BCUT2D eigenvalue weighted by atomic mass is 35.5. The highest BCUT2D eigenvalue weighted by molar-refractivity contribution is 7.93. The molecule has 0 aliphatic heterocycles. The lowest BCUT2D eigenvalue weighted by molar-refractivity contribution is 0.598. The first-order valence-corrected chi connectivity index (χ1v) is 8.49. The number of aryl methyl sites for hydroxylation is 1. The van der Waals surface area contributed by atoms with E-state index in [0.29, 0.717) is 5.92 Å². The molecule has 0 bridgehead atoms. The summed E-state index contributed by atoms with van der Waals surface area (Å²) < 4.78 is 28.0. The number of sulfonamides is 1. The number of rotatable bonds is 5. The first kappa shape index (κ1) is 15.2. The van der Waals surface area contributed by atoms with Crippen LogP contribution >= 0.6 is 22.9 Å². The summed E-state index contributed by atoms with van der Waals surface area (Å²) in [7, 11) is -2.23. The van der Waals surface area contributed by atoms with Crippen molar-refractivity contribution in [1.29, 1.82) is 0 Å². The molecule has 0 aliphatic rings. The molecule has 20 heavy (non-hydrogen) atoms. The van der Waals surface area contributed by atoms with Crippen molar-refractivity contribution in [2.45, 2.75) is 25.3 Å². The first-order valence-electron chi connectivity index (χ1n) is 5.81. The van der Waals surface area contributed by atoms with Crippen LogP contribution in [0, 0.1) is 5.92 Å². The summed E-state index contributed by atoms with van der Waals surface area (Å²) in [5.74, 6) is 0.428. The van der Waals surface area contributed by atoms with E-state index in [1.807, 2.05) is 0 Å². The van der Waals surface area contributed by atoms with Crippen LogP contribution in [0.4, 0.5) is 5.13 Å². The molecule has 7 nitrogen and oxygen atoms in total. The van der Waals surface area contributed by atoms with Crippen LogP contribution in [0.25, 0.3) is 0 Å². The molecule has 0 aliphatic carbocycles. The van der Waals surface area contributed by atoms with Crippen LogP contribution in [0.1, 0.15) is 18.9 Å². The van der Waals surface area contributed by atoms with Crippen LogP contribution in [-0.2, 0) is 23.5 Å². The summed E-state index contributed by atoms with van der Waals surface area (Å²) in [6, 6.07) is 0.